The second-order valence-electron chi connectivity index (χ2n) is 4.99. The quantitative estimate of drug-likeness (QED) is 0.671. The van der Waals surface area contributed by atoms with Crippen LogP contribution in [0, 0.1) is 0 Å². The summed E-state index contributed by atoms with van der Waals surface area (Å²) in [5, 5.41) is 1.77. The number of anilines is 1. The van der Waals surface area contributed by atoms with Crippen molar-refractivity contribution in [3.8, 4) is 0 Å². The second kappa shape index (κ2) is 6.81. The molecule has 1 aliphatic rings. The van der Waals surface area contributed by atoms with Crippen molar-refractivity contribution in [1.29, 1.82) is 0 Å². The van der Waals surface area contributed by atoms with Crippen molar-refractivity contribution in [2.45, 2.75) is 50.4 Å². The van der Waals surface area contributed by atoms with Crippen molar-refractivity contribution >= 4 is 33.2 Å². The maximum absolute atomic E-state index is 6.45. The number of alkyl halides is 1. The predicted molar refractivity (Wildman–Crippen MR) is 84.0 cm³/mol. The first-order valence-electron chi connectivity index (χ1n) is 6.88. The van der Waals surface area contributed by atoms with Crippen molar-refractivity contribution in [1.82, 2.24) is 0 Å². The van der Waals surface area contributed by atoms with Crippen LogP contribution in [0.25, 0.3) is 0 Å². The molecule has 0 aliphatic carbocycles. The number of halogens is 2. The average molecular weight is 331 g/mol. The standard InChI is InChI=1S/C15H21BrClN/c1-2-13-8-4-3-5-10-18(13)15-12(11-16)7-6-9-14(15)17/h6-7,9,13H,2-5,8,10-11H2,1H3. The summed E-state index contributed by atoms with van der Waals surface area (Å²) in [5.41, 5.74) is 2.56. The van der Waals surface area contributed by atoms with Gasteiger partial charge in [0, 0.05) is 17.9 Å². The van der Waals surface area contributed by atoms with E-state index in [0.717, 1.165) is 16.9 Å². The zero-order valence-electron chi connectivity index (χ0n) is 11.0. The molecule has 1 heterocycles. The maximum Gasteiger partial charge on any atom is 0.0642 e. The van der Waals surface area contributed by atoms with Gasteiger partial charge in [-0.25, -0.2) is 0 Å². The third-order valence-corrected chi connectivity index (χ3v) is 4.76. The van der Waals surface area contributed by atoms with Gasteiger partial charge in [0.1, 0.15) is 0 Å². The molecule has 1 nitrogen and oxygen atoms in total. The van der Waals surface area contributed by atoms with E-state index in [4.69, 9.17) is 11.6 Å². The normalized spacial score (nSPS) is 20.8. The molecule has 1 fully saturated rings. The van der Waals surface area contributed by atoms with Crippen LogP contribution >= 0.6 is 27.5 Å². The van der Waals surface area contributed by atoms with Crippen molar-refractivity contribution in [2.75, 3.05) is 11.4 Å². The highest BCUT2D eigenvalue weighted by molar-refractivity contribution is 9.08. The molecule has 1 aromatic carbocycles. The molecule has 3 heteroatoms. The minimum Gasteiger partial charge on any atom is -0.367 e. The maximum atomic E-state index is 6.45. The van der Waals surface area contributed by atoms with Gasteiger partial charge in [0.15, 0.2) is 0 Å². The molecule has 1 aliphatic heterocycles. The fraction of sp³-hybridized carbons (Fsp3) is 0.600. The van der Waals surface area contributed by atoms with Crippen molar-refractivity contribution in [3.05, 3.63) is 28.8 Å². The monoisotopic (exact) mass is 329 g/mol. The highest BCUT2D eigenvalue weighted by atomic mass is 79.9. The number of hydrogen-bond acceptors (Lipinski definition) is 1. The van der Waals surface area contributed by atoms with E-state index in [2.05, 4.69) is 33.8 Å². The summed E-state index contributed by atoms with van der Waals surface area (Å²) in [4.78, 5) is 2.55. The van der Waals surface area contributed by atoms with Gasteiger partial charge in [-0.2, -0.15) is 0 Å². The first kappa shape index (κ1) is 14.2. The topological polar surface area (TPSA) is 3.24 Å². The first-order chi connectivity index (χ1) is 8.77. The lowest BCUT2D eigenvalue weighted by Gasteiger charge is -2.33. The van der Waals surface area contributed by atoms with Crippen molar-refractivity contribution in [3.63, 3.8) is 0 Å². The molecule has 1 saturated heterocycles. The molecule has 0 radical (unpaired) electrons. The van der Waals surface area contributed by atoms with Gasteiger partial charge in [-0.15, -0.1) is 0 Å². The Kier molecular flexibility index (Phi) is 5.38. The highest BCUT2D eigenvalue weighted by Gasteiger charge is 2.23. The molecule has 0 aromatic heterocycles. The third-order valence-electron chi connectivity index (χ3n) is 3.85. The van der Waals surface area contributed by atoms with Crippen LogP contribution in [0.2, 0.25) is 5.02 Å². The fourth-order valence-electron chi connectivity index (χ4n) is 2.89. The lowest BCUT2D eigenvalue weighted by Crippen LogP contribution is -2.35. The van der Waals surface area contributed by atoms with Crippen molar-refractivity contribution < 1.29 is 0 Å². The van der Waals surface area contributed by atoms with E-state index in [1.54, 1.807) is 0 Å². The van der Waals surface area contributed by atoms with Crippen LogP contribution in [0.5, 0.6) is 0 Å². The van der Waals surface area contributed by atoms with Gasteiger partial charge >= 0.3 is 0 Å². The third kappa shape index (κ3) is 3.03. The Morgan fingerprint density at radius 2 is 2.17 bits per heavy atom. The first-order valence-corrected chi connectivity index (χ1v) is 8.37. The van der Waals surface area contributed by atoms with E-state index in [1.165, 1.54) is 43.4 Å². The Morgan fingerprint density at radius 1 is 1.33 bits per heavy atom. The van der Waals surface area contributed by atoms with Crippen LogP contribution in [-0.2, 0) is 5.33 Å². The molecule has 18 heavy (non-hydrogen) atoms. The van der Waals surface area contributed by atoms with Gasteiger partial charge in [-0.05, 0) is 30.9 Å². The highest BCUT2D eigenvalue weighted by Crippen LogP contribution is 2.35. The molecule has 2 rings (SSSR count). The summed E-state index contributed by atoms with van der Waals surface area (Å²) in [5.74, 6) is 0. The molecular formula is C15H21BrClN. The van der Waals surface area contributed by atoms with Crippen molar-refractivity contribution in [2.24, 2.45) is 0 Å². The van der Waals surface area contributed by atoms with Crippen LogP contribution in [0.3, 0.4) is 0 Å². The SMILES string of the molecule is CCC1CCCCCN1c1c(Cl)cccc1CBr. The summed E-state index contributed by atoms with van der Waals surface area (Å²) in [7, 11) is 0. The summed E-state index contributed by atoms with van der Waals surface area (Å²) in [6.07, 6.45) is 6.48. The molecule has 0 N–H and O–H groups in total. The van der Waals surface area contributed by atoms with Crippen LogP contribution < -0.4 is 4.90 Å². The van der Waals surface area contributed by atoms with E-state index in [-0.39, 0.29) is 0 Å². The zero-order valence-corrected chi connectivity index (χ0v) is 13.3. The van der Waals surface area contributed by atoms with Crippen LogP contribution in [0.15, 0.2) is 18.2 Å². The number of hydrogen-bond donors (Lipinski definition) is 0. The number of benzene rings is 1. The van der Waals surface area contributed by atoms with E-state index >= 15 is 0 Å². The number of rotatable bonds is 3. The van der Waals surface area contributed by atoms with E-state index in [9.17, 15) is 0 Å². The molecule has 0 bridgehead atoms. The summed E-state index contributed by atoms with van der Waals surface area (Å²) in [6, 6.07) is 6.88. The predicted octanol–water partition coefficient (Wildman–Crippen LogP) is 5.39. The lowest BCUT2D eigenvalue weighted by atomic mass is 10.1. The lowest BCUT2D eigenvalue weighted by molar-refractivity contribution is 0.555. The van der Waals surface area contributed by atoms with Gasteiger partial charge in [-0.3, -0.25) is 0 Å². The van der Waals surface area contributed by atoms with Gasteiger partial charge in [0.2, 0.25) is 0 Å². The smallest absolute Gasteiger partial charge is 0.0642 e. The van der Waals surface area contributed by atoms with Gasteiger partial charge in [-0.1, -0.05) is 59.4 Å². The zero-order chi connectivity index (χ0) is 13.0. The van der Waals surface area contributed by atoms with Crippen LogP contribution in [0.4, 0.5) is 5.69 Å². The molecule has 1 atom stereocenters. The summed E-state index contributed by atoms with van der Waals surface area (Å²) in [6.45, 7) is 3.43. The van der Waals surface area contributed by atoms with E-state index in [0.29, 0.717) is 6.04 Å². The Balaban J connectivity index is 2.37. The van der Waals surface area contributed by atoms with E-state index < -0.39 is 0 Å². The molecule has 100 valence electrons. The average Bonchev–Trinajstić information content (AvgIpc) is 2.63. The van der Waals surface area contributed by atoms with Gasteiger partial charge in [0.25, 0.3) is 0 Å². The minimum atomic E-state index is 0.644. The Bertz CT molecular complexity index is 394. The largest absolute Gasteiger partial charge is 0.367 e. The number of para-hydroxylation sites is 1. The molecule has 1 aromatic rings. The van der Waals surface area contributed by atoms with Gasteiger partial charge < -0.3 is 4.90 Å². The van der Waals surface area contributed by atoms with Gasteiger partial charge in [0.05, 0.1) is 10.7 Å². The number of nitrogens with zero attached hydrogens (tertiary/aromatic N) is 1. The Morgan fingerprint density at radius 3 is 2.89 bits per heavy atom. The summed E-state index contributed by atoms with van der Waals surface area (Å²) < 4.78 is 0. The molecule has 1 unspecified atom stereocenters. The van der Waals surface area contributed by atoms with Crippen LogP contribution in [0.1, 0.15) is 44.6 Å². The van der Waals surface area contributed by atoms with E-state index in [1.807, 2.05) is 12.1 Å². The molecule has 0 amide bonds. The molecule has 0 saturated carbocycles. The minimum absolute atomic E-state index is 0.644. The second-order valence-corrected chi connectivity index (χ2v) is 5.95. The molecular weight excluding hydrogens is 310 g/mol. The summed E-state index contributed by atoms with van der Waals surface area (Å²) >= 11 is 10.0. The van der Waals surface area contributed by atoms with Crippen LogP contribution in [-0.4, -0.2) is 12.6 Å². The Labute approximate surface area is 124 Å². The molecule has 0 spiro atoms. The Hall–Kier alpha value is -0.210. The fourth-order valence-corrected chi connectivity index (χ4v) is 3.64.